The summed E-state index contributed by atoms with van der Waals surface area (Å²) in [5.74, 6) is -3.61. The van der Waals surface area contributed by atoms with Crippen molar-refractivity contribution in [3.05, 3.63) is 35.9 Å². The SMILES string of the molecule is CC(C)C[C@@H](C(=O)N[C@H](C(=O)OC(C)(C)C)c1ccccc1)[C@H](O)C(=O)NO. The summed E-state index contributed by atoms with van der Waals surface area (Å²) >= 11 is 0. The maximum atomic E-state index is 12.9. The minimum absolute atomic E-state index is 0.0198. The van der Waals surface area contributed by atoms with Gasteiger partial charge in [-0.2, -0.15) is 0 Å². The standard InChI is InChI=1S/C20H30N2O6/c1-12(2)11-14(16(23)18(25)22-27)17(24)21-15(13-9-7-6-8-10-13)19(26)28-20(3,4)5/h6-10,12,14-16,23,27H,11H2,1-5H3,(H,21,24)(H,22,25)/t14-,15+,16+/m1/s1. The molecule has 0 saturated heterocycles. The number of aliphatic hydroxyl groups is 1. The van der Waals surface area contributed by atoms with Gasteiger partial charge in [-0.3, -0.25) is 14.8 Å². The third kappa shape index (κ3) is 7.28. The van der Waals surface area contributed by atoms with Gasteiger partial charge in [0.2, 0.25) is 5.91 Å². The first-order valence-electron chi connectivity index (χ1n) is 9.16. The molecule has 0 heterocycles. The van der Waals surface area contributed by atoms with E-state index in [1.54, 1.807) is 51.1 Å². The first kappa shape index (κ1) is 23.6. The van der Waals surface area contributed by atoms with Crippen LogP contribution < -0.4 is 10.8 Å². The average molecular weight is 394 g/mol. The molecule has 0 radical (unpaired) electrons. The smallest absolute Gasteiger partial charge is 0.333 e. The van der Waals surface area contributed by atoms with Gasteiger partial charge >= 0.3 is 5.97 Å². The number of ether oxygens (including phenoxy) is 1. The quantitative estimate of drug-likeness (QED) is 0.302. The molecule has 8 heteroatoms. The fraction of sp³-hybridized carbons (Fsp3) is 0.550. The predicted octanol–water partition coefficient (Wildman–Crippen LogP) is 1.71. The second kappa shape index (κ2) is 10.2. The molecule has 1 rings (SSSR count). The number of amides is 2. The summed E-state index contributed by atoms with van der Waals surface area (Å²) in [6.07, 6.45) is -1.58. The van der Waals surface area contributed by atoms with Gasteiger partial charge in [-0.1, -0.05) is 44.2 Å². The van der Waals surface area contributed by atoms with E-state index in [0.29, 0.717) is 5.56 Å². The monoisotopic (exact) mass is 394 g/mol. The minimum atomic E-state index is -1.76. The molecule has 156 valence electrons. The highest BCUT2D eigenvalue weighted by atomic mass is 16.6. The van der Waals surface area contributed by atoms with Crippen LogP contribution in [0.4, 0.5) is 0 Å². The molecule has 4 N–H and O–H groups in total. The van der Waals surface area contributed by atoms with Gasteiger partial charge in [0.25, 0.3) is 5.91 Å². The minimum Gasteiger partial charge on any atom is -0.458 e. The Morgan fingerprint density at radius 3 is 2.11 bits per heavy atom. The lowest BCUT2D eigenvalue weighted by Gasteiger charge is -2.27. The van der Waals surface area contributed by atoms with Crippen molar-refractivity contribution < 1.29 is 29.4 Å². The number of carbonyl (C=O) groups excluding carboxylic acids is 3. The van der Waals surface area contributed by atoms with E-state index in [4.69, 9.17) is 9.94 Å². The zero-order valence-electron chi connectivity index (χ0n) is 16.9. The van der Waals surface area contributed by atoms with E-state index in [1.807, 2.05) is 13.8 Å². The summed E-state index contributed by atoms with van der Waals surface area (Å²) in [6.45, 7) is 8.79. The molecule has 1 aromatic rings. The van der Waals surface area contributed by atoms with Gasteiger partial charge in [0.15, 0.2) is 6.04 Å². The third-order valence-corrected chi connectivity index (χ3v) is 3.88. The zero-order valence-corrected chi connectivity index (χ0v) is 16.9. The largest absolute Gasteiger partial charge is 0.458 e. The van der Waals surface area contributed by atoms with Crippen molar-refractivity contribution in [2.24, 2.45) is 11.8 Å². The normalized spacial score (nSPS) is 14.7. The highest BCUT2D eigenvalue weighted by molar-refractivity contribution is 5.91. The Kier molecular flexibility index (Phi) is 8.59. The Morgan fingerprint density at radius 1 is 1.07 bits per heavy atom. The third-order valence-electron chi connectivity index (χ3n) is 3.88. The Balaban J connectivity index is 3.14. The summed E-state index contributed by atoms with van der Waals surface area (Å²) in [4.78, 5) is 37.2. The van der Waals surface area contributed by atoms with Crippen LogP contribution in [0.2, 0.25) is 0 Å². The molecule has 0 aliphatic carbocycles. The maximum absolute atomic E-state index is 12.9. The molecule has 0 bridgehead atoms. The lowest BCUT2D eigenvalue weighted by atomic mass is 9.90. The molecule has 0 aliphatic rings. The molecule has 28 heavy (non-hydrogen) atoms. The number of hydroxylamine groups is 1. The van der Waals surface area contributed by atoms with E-state index in [2.05, 4.69) is 5.32 Å². The summed E-state index contributed by atoms with van der Waals surface area (Å²) in [5.41, 5.74) is 1.10. The van der Waals surface area contributed by atoms with Crippen molar-refractivity contribution >= 4 is 17.8 Å². The van der Waals surface area contributed by atoms with E-state index in [1.165, 1.54) is 5.48 Å². The maximum Gasteiger partial charge on any atom is 0.333 e. The van der Waals surface area contributed by atoms with Crippen LogP contribution in [0.3, 0.4) is 0 Å². The van der Waals surface area contributed by atoms with Gasteiger partial charge in [-0.15, -0.1) is 0 Å². The molecule has 0 saturated carbocycles. The van der Waals surface area contributed by atoms with Crippen LogP contribution in [0.1, 0.15) is 52.6 Å². The molecule has 3 atom stereocenters. The van der Waals surface area contributed by atoms with Crippen LogP contribution >= 0.6 is 0 Å². The predicted molar refractivity (Wildman–Crippen MR) is 102 cm³/mol. The molecule has 0 spiro atoms. The number of aliphatic hydroxyl groups excluding tert-OH is 1. The van der Waals surface area contributed by atoms with Gasteiger partial charge in [-0.25, -0.2) is 10.3 Å². The lowest BCUT2D eigenvalue weighted by molar-refractivity contribution is -0.159. The van der Waals surface area contributed by atoms with Gasteiger partial charge in [0.05, 0.1) is 5.92 Å². The van der Waals surface area contributed by atoms with Crippen LogP contribution in [0.25, 0.3) is 0 Å². The summed E-state index contributed by atoms with van der Waals surface area (Å²) < 4.78 is 5.41. The number of hydrogen-bond donors (Lipinski definition) is 4. The van der Waals surface area contributed by atoms with E-state index in [-0.39, 0.29) is 12.3 Å². The molecular formula is C20H30N2O6. The van der Waals surface area contributed by atoms with Gasteiger partial charge in [0, 0.05) is 0 Å². The fourth-order valence-electron chi connectivity index (χ4n) is 2.67. The average Bonchev–Trinajstić information content (AvgIpc) is 2.61. The molecule has 0 unspecified atom stereocenters. The topological polar surface area (TPSA) is 125 Å². The van der Waals surface area contributed by atoms with E-state index in [0.717, 1.165) is 0 Å². The fourth-order valence-corrected chi connectivity index (χ4v) is 2.67. The van der Waals surface area contributed by atoms with Crippen molar-refractivity contribution in [2.75, 3.05) is 0 Å². The van der Waals surface area contributed by atoms with Crippen LogP contribution in [-0.4, -0.2) is 39.8 Å². The highest BCUT2D eigenvalue weighted by Gasteiger charge is 2.36. The Hall–Kier alpha value is -2.45. The van der Waals surface area contributed by atoms with Gasteiger partial charge in [-0.05, 0) is 38.7 Å². The number of hydrogen-bond acceptors (Lipinski definition) is 6. The lowest BCUT2D eigenvalue weighted by Crippen LogP contribution is -2.48. The number of rotatable bonds is 8. The Bertz CT molecular complexity index is 669. The van der Waals surface area contributed by atoms with Crippen LogP contribution in [-0.2, 0) is 19.1 Å². The summed E-state index contributed by atoms with van der Waals surface area (Å²) in [5, 5.41) is 21.5. The molecular weight excluding hydrogens is 364 g/mol. The summed E-state index contributed by atoms with van der Waals surface area (Å²) in [6, 6.07) is 7.45. The molecule has 0 aromatic heterocycles. The second-order valence-corrected chi connectivity index (χ2v) is 8.04. The highest BCUT2D eigenvalue weighted by Crippen LogP contribution is 2.22. The van der Waals surface area contributed by atoms with Crippen LogP contribution in [0, 0.1) is 11.8 Å². The first-order valence-corrected chi connectivity index (χ1v) is 9.16. The van der Waals surface area contributed by atoms with Crippen molar-refractivity contribution in [1.82, 2.24) is 10.8 Å². The molecule has 2 amide bonds. The first-order chi connectivity index (χ1) is 13.0. The molecule has 0 fully saturated rings. The van der Waals surface area contributed by atoms with Crippen molar-refractivity contribution in [3.8, 4) is 0 Å². The number of nitrogens with one attached hydrogen (secondary N) is 2. The second-order valence-electron chi connectivity index (χ2n) is 8.04. The van der Waals surface area contributed by atoms with Gasteiger partial charge < -0.3 is 15.2 Å². The van der Waals surface area contributed by atoms with Crippen LogP contribution in [0.15, 0.2) is 30.3 Å². The molecule has 8 nitrogen and oxygen atoms in total. The summed E-state index contributed by atoms with van der Waals surface area (Å²) in [7, 11) is 0. The Morgan fingerprint density at radius 2 is 1.64 bits per heavy atom. The number of carbonyl (C=O) groups is 3. The van der Waals surface area contributed by atoms with E-state index in [9.17, 15) is 19.5 Å². The van der Waals surface area contributed by atoms with E-state index >= 15 is 0 Å². The zero-order chi connectivity index (χ0) is 21.5. The number of benzene rings is 1. The van der Waals surface area contributed by atoms with Crippen molar-refractivity contribution in [1.29, 1.82) is 0 Å². The van der Waals surface area contributed by atoms with Crippen molar-refractivity contribution in [2.45, 2.75) is 58.8 Å². The number of esters is 1. The van der Waals surface area contributed by atoms with Gasteiger partial charge in [0.1, 0.15) is 11.7 Å². The van der Waals surface area contributed by atoms with E-state index < -0.39 is 41.4 Å². The van der Waals surface area contributed by atoms with Crippen LogP contribution in [0.5, 0.6) is 0 Å². The molecule has 0 aliphatic heterocycles. The van der Waals surface area contributed by atoms with Crippen molar-refractivity contribution in [3.63, 3.8) is 0 Å². The Labute approximate surface area is 165 Å². The molecule has 1 aromatic carbocycles.